The van der Waals surface area contributed by atoms with Gasteiger partial charge in [0.15, 0.2) is 0 Å². The van der Waals surface area contributed by atoms with Crippen LogP contribution >= 0.6 is 11.6 Å². The minimum atomic E-state index is -0.317. The fourth-order valence-electron chi connectivity index (χ4n) is 1.52. The third-order valence-corrected chi connectivity index (χ3v) is 2.61. The SMILES string of the molecule is NC(=O)CCc1cn(-c2cccc(Cl)c2)cn1. The van der Waals surface area contributed by atoms with Gasteiger partial charge in [-0.3, -0.25) is 4.79 Å². The first-order valence-electron chi connectivity index (χ1n) is 5.22. The third-order valence-electron chi connectivity index (χ3n) is 2.37. The average molecular weight is 250 g/mol. The lowest BCUT2D eigenvalue weighted by Crippen LogP contribution is -2.11. The molecule has 0 atom stereocenters. The molecule has 1 amide bonds. The maximum absolute atomic E-state index is 10.7. The first-order chi connectivity index (χ1) is 8.15. The number of carbonyl (C=O) groups excluding carboxylic acids is 1. The van der Waals surface area contributed by atoms with Gasteiger partial charge >= 0.3 is 0 Å². The summed E-state index contributed by atoms with van der Waals surface area (Å²) in [6, 6.07) is 7.48. The molecule has 0 aliphatic rings. The number of halogens is 1. The van der Waals surface area contributed by atoms with Crippen LogP contribution in [0.4, 0.5) is 0 Å². The number of hydrogen-bond donors (Lipinski definition) is 1. The van der Waals surface area contributed by atoms with Crippen LogP contribution in [-0.4, -0.2) is 15.5 Å². The van der Waals surface area contributed by atoms with Crippen LogP contribution in [0.5, 0.6) is 0 Å². The number of benzene rings is 1. The number of nitrogens with two attached hydrogens (primary N) is 1. The first kappa shape index (κ1) is 11.7. The highest BCUT2D eigenvalue weighted by Gasteiger charge is 2.03. The summed E-state index contributed by atoms with van der Waals surface area (Å²) < 4.78 is 1.86. The van der Waals surface area contributed by atoms with Gasteiger partial charge in [0.25, 0.3) is 0 Å². The lowest BCUT2D eigenvalue weighted by molar-refractivity contribution is -0.118. The second-order valence-corrected chi connectivity index (χ2v) is 4.15. The number of primary amides is 1. The molecule has 0 fully saturated rings. The number of aryl methyl sites for hydroxylation is 1. The van der Waals surface area contributed by atoms with Gasteiger partial charge in [-0.25, -0.2) is 4.98 Å². The quantitative estimate of drug-likeness (QED) is 0.900. The van der Waals surface area contributed by atoms with Crippen LogP contribution in [0.25, 0.3) is 5.69 Å². The van der Waals surface area contributed by atoms with Crippen LogP contribution in [0.3, 0.4) is 0 Å². The van der Waals surface area contributed by atoms with Gasteiger partial charge in [-0.2, -0.15) is 0 Å². The summed E-state index contributed by atoms with van der Waals surface area (Å²) in [4.78, 5) is 14.9. The minimum absolute atomic E-state index is 0.312. The van der Waals surface area contributed by atoms with Crippen LogP contribution < -0.4 is 5.73 Å². The normalized spacial score (nSPS) is 10.4. The van der Waals surface area contributed by atoms with Crippen molar-refractivity contribution in [3.63, 3.8) is 0 Å². The van der Waals surface area contributed by atoms with Crippen LogP contribution in [0, 0.1) is 0 Å². The zero-order chi connectivity index (χ0) is 12.3. The van der Waals surface area contributed by atoms with Gasteiger partial charge < -0.3 is 10.3 Å². The molecule has 0 radical (unpaired) electrons. The van der Waals surface area contributed by atoms with Crippen molar-refractivity contribution < 1.29 is 4.79 Å². The topological polar surface area (TPSA) is 60.9 Å². The van der Waals surface area contributed by atoms with Gasteiger partial charge in [0, 0.05) is 23.3 Å². The predicted octanol–water partition coefficient (Wildman–Crippen LogP) is 1.94. The molecular weight excluding hydrogens is 238 g/mol. The molecule has 88 valence electrons. The highest BCUT2D eigenvalue weighted by molar-refractivity contribution is 6.30. The van der Waals surface area contributed by atoms with Crippen molar-refractivity contribution >= 4 is 17.5 Å². The molecule has 0 aliphatic heterocycles. The molecule has 1 aromatic carbocycles. The van der Waals surface area contributed by atoms with E-state index in [4.69, 9.17) is 17.3 Å². The third kappa shape index (κ3) is 3.07. The van der Waals surface area contributed by atoms with Crippen molar-refractivity contribution in [2.75, 3.05) is 0 Å². The number of hydrogen-bond acceptors (Lipinski definition) is 2. The van der Waals surface area contributed by atoms with E-state index in [0.717, 1.165) is 11.4 Å². The Hall–Kier alpha value is -1.81. The molecule has 1 aromatic heterocycles. The summed E-state index contributed by atoms with van der Waals surface area (Å²) in [6.45, 7) is 0. The van der Waals surface area contributed by atoms with E-state index < -0.39 is 0 Å². The summed E-state index contributed by atoms with van der Waals surface area (Å²) >= 11 is 5.91. The fraction of sp³-hybridized carbons (Fsp3) is 0.167. The second-order valence-electron chi connectivity index (χ2n) is 3.72. The van der Waals surface area contributed by atoms with Gasteiger partial charge in [0.05, 0.1) is 12.0 Å². The molecule has 0 saturated heterocycles. The molecule has 0 spiro atoms. The molecule has 4 nitrogen and oxygen atoms in total. The molecule has 17 heavy (non-hydrogen) atoms. The number of nitrogens with zero attached hydrogens (tertiary/aromatic N) is 2. The maximum Gasteiger partial charge on any atom is 0.217 e. The van der Waals surface area contributed by atoms with Crippen molar-refractivity contribution in [1.29, 1.82) is 0 Å². The number of imidazole rings is 1. The lowest BCUT2D eigenvalue weighted by atomic mass is 10.2. The Labute approximate surface area is 104 Å². The molecular formula is C12H12ClN3O. The van der Waals surface area contributed by atoms with Crippen molar-refractivity contribution in [2.45, 2.75) is 12.8 Å². The lowest BCUT2D eigenvalue weighted by Gasteiger charge is -2.01. The molecule has 5 heteroatoms. The maximum atomic E-state index is 10.7. The van der Waals surface area contributed by atoms with E-state index in [2.05, 4.69) is 4.98 Å². The molecule has 1 heterocycles. The standard InChI is InChI=1S/C12H12ClN3O/c13-9-2-1-3-11(6-9)16-7-10(15-8-16)4-5-12(14)17/h1-3,6-8H,4-5H2,(H2,14,17). The Morgan fingerprint density at radius 2 is 2.29 bits per heavy atom. The van der Waals surface area contributed by atoms with Crippen LogP contribution in [-0.2, 0) is 11.2 Å². The van der Waals surface area contributed by atoms with E-state index in [-0.39, 0.29) is 5.91 Å². The Balaban J connectivity index is 2.15. The zero-order valence-electron chi connectivity index (χ0n) is 9.14. The van der Waals surface area contributed by atoms with Crippen LogP contribution in [0.1, 0.15) is 12.1 Å². The molecule has 0 unspecified atom stereocenters. The Bertz CT molecular complexity index is 536. The molecule has 2 N–H and O–H groups in total. The largest absolute Gasteiger partial charge is 0.370 e. The molecule has 2 rings (SSSR count). The van der Waals surface area contributed by atoms with Crippen LogP contribution in [0.2, 0.25) is 5.02 Å². The minimum Gasteiger partial charge on any atom is -0.370 e. The van der Waals surface area contributed by atoms with E-state index in [9.17, 15) is 4.79 Å². The van der Waals surface area contributed by atoms with Crippen molar-refractivity contribution in [1.82, 2.24) is 9.55 Å². The molecule has 0 aliphatic carbocycles. The van der Waals surface area contributed by atoms with Crippen molar-refractivity contribution in [2.24, 2.45) is 5.73 Å². The fourth-order valence-corrected chi connectivity index (χ4v) is 1.71. The van der Waals surface area contributed by atoms with E-state index in [0.29, 0.717) is 17.9 Å². The first-order valence-corrected chi connectivity index (χ1v) is 5.60. The summed E-state index contributed by atoms with van der Waals surface area (Å²) in [5.41, 5.74) is 6.86. The van der Waals surface area contributed by atoms with E-state index in [1.165, 1.54) is 0 Å². The summed E-state index contributed by atoms with van der Waals surface area (Å²) in [7, 11) is 0. The van der Waals surface area contributed by atoms with Crippen LogP contribution in [0.15, 0.2) is 36.8 Å². The van der Waals surface area contributed by atoms with Crippen molar-refractivity contribution in [3.8, 4) is 5.69 Å². The summed E-state index contributed by atoms with van der Waals surface area (Å²) in [5.74, 6) is -0.317. The number of amides is 1. The van der Waals surface area contributed by atoms with E-state index in [1.807, 2.05) is 35.0 Å². The number of aromatic nitrogens is 2. The summed E-state index contributed by atoms with van der Waals surface area (Å²) in [6.07, 6.45) is 4.44. The Kier molecular flexibility index (Phi) is 3.44. The molecule has 0 saturated carbocycles. The van der Waals surface area contributed by atoms with Crippen molar-refractivity contribution in [3.05, 3.63) is 47.5 Å². The molecule has 0 bridgehead atoms. The van der Waals surface area contributed by atoms with Gasteiger partial charge in [-0.05, 0) is 24.6 Å². The monoisotopic (exact) mass is 249 g/mol. The Morgan fingerprint density at radius 1 is 1.47 bits per heavy atom. The zero-order valence-corrected chi connectivity index (χ0v) is 9.89. The smallest absolute Gasteiger partial charge is 0.217 e. The average Bonchev–Trinajstić information content (AvgIpc) is 2.75. The Morgan fingerprint density at radius 3 is 3.00 bits per heavy atom. The van der Waals surface area contributed by atoms with E-state index in [1.54, 1.807) is 6.33 Å². The second kappa shape index (κ2) is 5.01. The highest BCUT2D eigenvalue weighted by Crippen LogP contribution is 2.15. The van der Waals surface area contributed by atoms with E-state index >= 15 is 0 Å². The molecule has 2 aromatic rings. The predicted molar refractivity (Wildman–Crippen MR) is 66.1 cm³/mol. The van der Waals surface area contributed by atoms with Gasteiger partial charge in [0.1, 0.15) is 0 Å². The highest BCUT2D eigenvalue weighted by atomic mass is 35.5. The van der Waals surface area contributed by atoms with Gasteiger partial charge in [0.2, 0.25) is 5.91 Å². The van der Waals surface area contributed by atoms with Gasteiger partial charge in [-0.1, -0.05) is 17.7 Å². The van der Waals surface area contributed by atoms with Gasteiger partial charge in [-0.15, -0.1) is 0 Å². The summed E-state index contributed by atoms with van der Waals surface area (Å²) in [5, 5.41) is 0.676. The number of rotatable bonds is 4. The number of carbonyl (C=O) groups is 1.